The minimum atomic E-state index is -0.628. The molecule has 0 aliphatic heterocycles. The quantitative estimate of drug-likeness (QED) is 0.219. The zero-order chi connectivity index (χ0) is 22.5. The summed E-state index contributed by atoms with van der Waals surface area (Å²) in [6.45, 7) is 7.19. The molecule has 1 aliphatic rings. The molecule has 0 bridgehead atoms. The Morgan fingerprint density at radius 1 is 0.778 bits per heavy atom. The van der Waals surface area contributed by atoms with Gasteiger partial charge in [-0.25, -0.2) is 0 Å². The van der Waals surface area contributed by atoms with Gasteiger partial charge in [0.25, 0.3) is 0 Å². The fraction of sp³-hybridized carbons (Fsp3) is 0.156. The summed E-state index contributed by atoms with van der Waals surface area (Å²) in [5.41, 5.74) is 8.62. The van der Waals surface area contributed by atoms with Gasteiger partial charge < -0.3 is 24.8 Å². The van der Waals surface area contributed by atoms with Crippen LogP contribution >= 0.6 is 0 Å². The van der Waals surface area contributed by atoms with Gasteiger partial charge in [0.15, 0.2) is 0 Å². The molecule has 6 rings (SSSR count). The Hall–Kier alpha value is -1.83. The third kappa shape index (κ3) is 4.63. The predicted molar refractivity (Wildman–Crippen MR) is 146 cm³/mol. The van der Waals surface area contributed by atoms with Gasteiger partial charge in [-0.3, -0.25) is 0 Å². The summed E-state index contributed by atoms with van der Waals surface area (Å²) in [7, 11) is -0.628. The Kier molecular flexibility index (Phi) is 9.34. The Labute approximate surface area is 247 Å². The molecule has 0 spiro atoms. The van der Waals surface area contributed by atoms with Crippen LogP contribution in [0.4, 0.5) is 0 Å². The summed E-state index contributed by atoms with van der Waals surface area (Å²) in [6, 6.07) is 33.9. The molecule has 5 aromatic carbocycles. The molecule has 1 aliphatic carbocycles. The fourth-order valence-electron chi connectivity index (χ4n) is 5.78. The Bertz CT molecular complexity index is 1530. The van der Waals surface area contributed by atoms with E-state index in [1.165, 1.54) is 49.4 Å². The fourth-order valence-corrected chi connectivity index (χ4v) is 7.01. The van der Waals surface area contributed by atoms with E-state index in [9.17, 15) is 0 Å². The molecule has 0 aromatic heterocycles. The molecule has 0 heterocycles. The normalized spacial score (nSPS) is 14.1. The maximum Gasteiger partial charge on any atom is 3.00 e. The van der Waals surface area contributed by atoms with E-state index in [1.54, 1.807) is 10.8 Å². The SMILES string of the molecule is CCC1=Cc2c(-c3ccccc3)cccc2C1c1c([Si](C)C)ccc2c1[cH-]c1ccccc12.[Cl-].[Cl-].[Zr+3]. The van der Waals surface area contributed by atoms with Crippen molar-refractivity contribution in [3.8, 4) is 11.1 Å². The van der Waals surface area contributed by atoms with Crippen molar-refractivity contribution in [3.63, 3.8) is 0 Å². The summed E-state index contributed by atoms with van der Waals surface area (Å²) in [5.74, 6) is 0.337. The average molecular weight is 603 g/mol. The van der Waals surface area contributed by atoms with E-state index in [-0.39, 0.29) is 51.0 Å². The second-order valence-corrected chi connectivity index (χ2v) is 11.9. The minimum Gasteiger partial charge on any atom is -1.00 e. The van der Waals surface area contributed by atoms with Crippen LogP contribution in [0.2, 0.25) is 13.1 Å². The monoisotopic (exact) mass is 600 g/mol. The van der Waals surface area contributed by atoms with Gasteiger partial charge in [-0.2, -0.15) is 0 Å². The molecule has 1 atom stereocenters. The van der Waals surface area contributed by atoms with Crippen LogP contribution in [-0.4, -0.2) is 8.80 Å². The zero-order valence-electron chi connectivity index (χ0n) is 20.8. The van der Waals surface area contributed by atoms with Crippen LogP contribution in [0.5, 0.6) is 0 Å². The molecule has 0 N–H and O–H groups in total. The van der Waals surface area contributed by atoms with Crippen molar-refractivity contribution in [1.29, 1.82) is 0 Å². The van der Waals surface area contributed by atoms with Crippen molar-refractivity contribution in [1.82, 2.24) is 0 Å². The molecule has 4 heteroatoms. The largest absolute Gasteiger partial charge is 3.00 e. The van der Waals surface area contributed by atoms with Crippen molar-refractivity contribution >= 4 is 41.6 Å². The third-order valence-corrected chi connectivity index (χ3v) is 8.82. The minimum absolute atomic E-state index is 0. The van der Waals surface area contributed by atoms with E-state index in [0.29, 0.717) is 5.92 Å². The van der Waals surface area contributed by atoms with E-state index in [0.717, 1.165) is 6.42 Å². The number of fused-ring (bicyclic) bond motifs is 4. The smallest absolute Gasteiger partial charge is 1.00 e. The first kappa shape index (κ1) is 28.7. The van der Waals surface area contributed by atoms with E-state index in [2.05, 4.69) is 117 Å². The number of halogens is 2. The molecule has 5 aromatic rings. The molecular weight excluding hydrogens is 575 g/mol. The standard InChI is InChI=1S/C32H28Si.2ClH.Zr/c1-4-21-19-28-24(22-11-6-5-7-12-22)15-10-16-27(28)31(21)32-29-20-23-13-8-9-14-25(23)26(29)17-18-30(32)33(2)3;;;/h5-20,31H,4H2,1-3H3;2*1H;/q-1;;;+3/p-2. The second kappa shape index (κ2) is 11.7. The van der Waals surface area contributed by atoms with Crippen LogP contribution < -0.4 is 30.0 Å². The number of benzene rings is 4. The van der Waals surface area contributed by atoms with Crippen molar-refractivity contribution in [3.05, 3.63) is 113 Å². The van der Waals surface area contributed by atoms with Crippen LogP contribution in [0.25, 0.3) is 38.7 Å². The van der Waals surface area contributed by atoms with Crippen molar-refractivity contribution in [2.75, 3.05) is 0 Å². The predicted octanol–water partition coefficient (Wildman–Crippen LogP) is 2.28. The summed E-state index contributed by atoms with van der Waals surface area (Å²) < 4.78 is 0. The third-order valence-electron chi connectivity index (χ3n) is 7.31. The molecule has 0 fully saturated rings. The van der Waals surface area contributed by atoms with Gasteiger partial charge in [0.1, 0.15) is 0 Å². The van der Waals surface area contributed by atoms with Gasteiger partial charge >= 0.3 is 26.2 Å². The maximum absolute atomic E-state index is 2.49. The van der Waals surface area contributed by atoms with Crippen LogP contribution in [0.15, 0.2) is 96.6 Å². The molecule has 178 valence electrons. The van der Waals surface area contributed by atoms with E-state index >= 15 is 0 Å². The van der Waals surface area contributed by atoms with Crippen molar-refractivity contribution < 1.29 is 51.0 Å². The molecule has 0 nitrogen and oxygen atoms in total. The summed E-state index contributed by atoms with van der Waals surface area (Å²) in [5, 5.41) is 7.15. The van der Waals surface area contributed by atoms with Crippen molar-refractivity contribution in [2.45, 2.75) is 32.4 Å². The molecule has 1 unspecified atom stereocenters. The first-order valence-corrected chi connectivity index (χ1v) is 14.5. The van der Waals surface area contributed by atoms with Gasteiger partial charge in [0.2, 0.25) is 0 Å². The maximum atomic E-state index is 2.49. The van der Waals surface area contributed by atoms with Crippen LogP contribution in [0.1, 0.15) is 36.0 Å². The van der Waals surface area contributed by atoms with Crippen LogP contribution in [-0.2, 0) is 26.2 Å². The van der Waals surface area contributed by atoms with Gasteiger partial charge in [0.05, 0.1) is 8.80 Å². The van der Waals surface area contributed by atoms with Crippen LogP contribution in [0, 0.1) is 0 Å². The van der Waals surface area contributed by atoms with Crippen LogP contribution in [0.3, 0.4) is 0 Å². The van der Waals surface area contributed by atoms with E-state index in [1.807, 2.05) is 0 Å². The number of hydrogen-bond donors (Lipinski definition) is 0. The topological polar surface area (TPSA) is 0 Å². The molecule has 0 saturated heterocycles. The first-order chi connectivity index (χ1) is 16.2. The summed E-state index contributed by atoms with van der Waals surface area (Å²) >= 11 is 0. The first-order valence-electron chi connectivity index (χ1n) is 12.0. The van der Waals surface area contributed by atoms with E-state index < -0.39 is 8.80 Å². The number of allylic oxidation sites excluding steroid dienone is 1. The summed E-state index contributed by atoms with van der Waals surface area (Å²) in [4.78, 5) is 0. The Balaban J connectivity index is 0.00000120. The Morgan fingerprint density at radius 3 is 2.22 bits per heavy atom. The zero-order valence-corrected chi connectivity index (χ0v) is 25.7. The van der Waals surface area contributed by atoms with Gasteiger partial charge in [-0.15, -0.1) is 33.7 Å². The molecule has 0 saturated carbocycles. The summed E-state index contributed by atoms with van der Waals surface area (Å²) in [6.07, 6.45) is 3.56. The molecule has 0 amide bonds. The molecule has 36 heavy (non-hydrogen) atoms. The van der Waals surface area contributed by atoms with Gasteiger partial charge in [0, 0.05) is 5.92 Å². The van der Waals surface area contributed by atoms with E-state index in [4.69, 9.17) is 0 Å². The van der Waals surface area contributed by atoms with Crippen molar-refractivity contribution in [2.24, 2.45) is 0 Å². The number of rotatable bonds is 4. The Morgan fingerprint density at radius 2 is 1.50 bits per heavy atom. The average Bonchev–Trinajstić information content (AvgIpc) is 3.42. The molecule has 2 radical (unpaired) electrons. The number of hydrogen-bond acceptors (Lipinski definition) is 0. The van der Waals surface area contributed by atoms with Gasteiger partial charge in [-0.1, -0.05) is 121 Å². The second-order valence-electron chi connectivity index (χ2n) is 9.40. The van der Waals surface area contributed by atoms with Gasteiger partial charge in [-0.05, 0) is 28.7 Å². The molecular formula is C32H28Cl2SiZr.